The first-order valence-corrected chi connectivity index (χ1v) is 11.2. The van der Waals surface area contributed by atoms with Crippen LogP contribution in [0.2, 0.25) is 0 Å². The smallest absolute Gasteiger partial charge is 0.270 e. The van der Waals surface area contributed by atoms with Gasteiger partial charge < -0.3 is 14.8 Å². The van der Waals surface area contributed by atoms with E-state index in [1.807, 2.05) is 27.7 Å². The van der Waals surface area contributed by atoms with Crippen LogP contribution in [0.25, 0.3) is 10.9 Å². The molecule has 0 radical (unpaired) electrons. The van der Waals surface area contributed by atoms with Crippen LogP contribution in [0.5, 0.6) is 0 Å². The number of hydrogen-bond donors (Lipinski definition) is 1. The number of halogens is 2. The number of carbonyl (C=O) groups is 2. The van der Waals surface area contributed by atoms with Crippen LogP contribution in [0.15, 0.2) is 72.8 Å². The normalized spacial score (nSPS) is 13.4. The van der Waals surface area contributed by atoms with Crippen molar-refractivity contribution in [1.29, 1.82) is 0 Å². The zero-order chi connectivity index (χ0) is 23.7. The summed E-state index contributed by atoms with van der Waals surface area (Å²) in [5, 5.41) is 3.61. The fraction of sp³-hybridized carbons (Fsp3) is 0.185. The Hall–Kier alpha value is -4.00. The zero-order valence-corrected chi connectivity index (χ0v) is 18.4. The van der Waals surface area contributed by atoms with E-state index in [-0.39, 0.29) is 17.6 Å². The molecule has 1 saturated heterocycles. The van der Waals surface area contributed by atoms with Crippen molar-refractivity contribution >= 4 is 28.4 Å². The third-order valence-corrected chi connectivity index (χ3v) is 6.11. The zero-order valence-electron chi connectivity index (χ0n) is 18.4. The van der Waals surface area contributed by atoms with E-state index < -0.39 is 5.82 Å². The van der Waals surface area contributed by atoms with Crippen LogP contribution < -0.4 is 5.32 Å². The lowest BCUT2D eigenvalue weighted by atomic mass is 10.2. The van der Waals surface area contributed by atoms with Crippen molar-refractivity contribution in [3.05, 3.63) is 101 Å². The number of nitrogens with zero attached hydrogens (tertiary/aromatic N) is 2. The van der Waals surface area contributed by atoms with E-state index in [2.05, 4.69) is 5.32 Å². The second-order valence-electron chi connectivity index (χ2n) is 8.48. The van der Waals surface area contributed by atoms with Crippen molar-refractivity contribution in [2.24, 2.45) is 0 Å². The monoisotopic (exact) mass is 459 g/mol. The van der Waals surface area contributed by atoms with Crippen molar-refractivity contribution < 1.29 is 18.4 Å². The number of aromatic nitrogens is 1. The minimum atomic E-state index is -0.409. The summed E-state index contributed by atoms with van der Waals surface area (Å²) in [4.78, 5) is 27.7. The van der Waals surface area contributed by atoms with E-state index in [1.165, 1.54) is 36.4 Å². The Bertz CT molecular complexity index is 1370. The van der Waals surface area contributed by atoms with Crippen LogP contribution in [0, 0.1) is 11.6 Å². The molecule has 1 fully saturated rings. The third-order valence-electron chi connectivity index (χ3n) is 6.11. The lowest BCUT2D eigenvalue weighted by molar-refractivity contribution is 0.0783. The van der Waals surface area contributed by atoms with Gasteiger partial charge in [0.05, 0.1) is 0 Å². The molecule has 0 unspecified atom stereocenters. The maximum atomic E-state index is 13.8. The molecule has 0 spiro atoms. The molecule has 34 heavy (non-hydrogen) atoms. The second kappa shape index (κ2) is 9.09. The van der Waals surface area contributed by atoms with E-state index in [1.54, 1.807) is 18.2 Å². The molecule has 1 N–H and O–H groups in total. The summed E-state index contributed by atoms with van der Waals surface area (Å²) < 4.78 is 28.9. The highest BCUT2D eigenvalue weighted by molar-refractivity contribution is 6.06. The molecule has 2 heterocycles. The molecule has 1 aliphatic rings. The number of rotatable bonds is 5. The van der Waals surface area contributed by atoms with Gasteiger partial charge in [0.2, 0.25) is 0 Å². The van der Waals surface area contributed by atoms with Gasteiger partial charge in [-0.1, -0.05) is 12.1 Å². The predicted molar refractivity (Wildman–Crippen MR) is 127 cm³/mol. The fourth-order valence-corrected chi connectivity index (χ4v) is 4.40. The Balaban J connectivity index is 1.50. The summed E-state index contributed by atoms with van der Waals surface area (Å²) in [6, 6.07) is 18.9. The molecule has 1 aliphatic heterocycles. The van der Waals surface area contributed by atoms with Crippen LogP contribution in [0.1, 0.15) is 39.3 Å². The molecule has 4 aromatic rings. The standard InChI is InChI=1S/C27H23F2N3O2/c28-21-8-6-19(7-9-21)26(33)30-23-10-11-24-20(15-23)16-25(27(34)31-12-1-2-13-31)32(24)17-18-4-3-5-22(29)14-18/h3-11,14-16H,1-2,12-13,17H2,(H,30,33). The molecular formula is C27H23F2N3O2. The number of benzene rings is 3. The van der Waals surface area contributed by atoms with Crippen molar-refractivity contribution in [1.82, 2.24) is 9.47 Å². The molecular weight excluding hydrogens is 436 g/mol. The molecule has 2 amide bonds. The van der Waals surface area contributed by atoms with E-state index in [0.717, 1.165) is 42.4 Å². The van der Waals surface area contributed by atoms with E-state index in [9.17, 15) is 18.4 Å². The number of fused-ring (bicyclic) bond motifs is 1. The number of amides is 2. The molecule has 0 bridgehead atoms. The molecule has 172 valence electrons. The Morgan fingerprint density at radius 3 is 2.35 bits per heavy atom. The van der Waals surface area contributed by atoms with Gasteiger partial charge in [-0.25, -0.2) is 8.78 Å². The van der Waals surface area contributed by atoms with Gasteiger partial charge in [0.1, 0.15) is 17.3 Å². The molecule has 5 rings (SSSR count). The van der Waals surface area contributed by atoms with E-state index in [4.69, 9.17) is 0 Å². The summed E-state index contributed by atoms with van der Waals surface area (Å²) in [5.41, 5.74) is 3.00. The number of likely N-dealkylation sites (tertiary alicyclic amines) is 1. The van der Waals surface area contributed by atoms with Crippen LogP contribution in [0.3, 0.4) is 0 Å². The van der Waals surface area contributed by atoms with Gasteiger partial charge in [0, 0.05) is 41.8 Å². The van der Waals surface area contributed by atoms with Crippen molar-refractivity contribution in [2.45, 2.75) is 19.4 Å². The second-order valence-corrected chi connectivity index (χ2v) is 8.48. The predicted octanol–water partition coefficient (Wildman–Crippen LogP) is 5.46. The van der Waals surface area contributed by atoms with Crippen molar-refractivity contribution in [2.75, 3.05) is 18.4 Å². The average molecular weight is 459 g/mol. The number of nitrogens with one attached hydrogen (secondary N) is 1. The van der Waals surface area contributed by atoms with Crippen molar-refractivity contribution in [3.8, 4) is 0 Å². The minimum absolute atomic E-state index is 0.0537. The quantitative estimate of drug-likeness (QED) is 0.431. The SMILES string of the molecule is O=C(Nc1ccc2c(c1)cc(C(=O)N1CCCC1)n2Cc1cccc(F)c1)c1ccc(F)cc1. The highest BCUT2D eigenvalue weighted by atomic mass is 19.1. The minimum Gasteiger partial charge on any atom is -0.337 e. The van der Waals surface area contributed by atoms with Crippen LogP contribution >= 0.6 is 0 Å². The Kier molecular flexibility index (Phi) is 5.84. The molecule has 1 aromatic heterocycles. The van der Waals surface area contributed by atoms with Gasteiger partial charge >= 0.3 is 0 Å². The lowest BCUT2D eigenvalue weighted by Crippen LogP contribution is -2.29. The summed E-state index contributed by atoms with van der Waals surface area (Å²) in [7, 11) is 0. The topological polar surface area (TPSA) is 54.3 Å². The first-order chi connectivity index (χ1) is 16.5. The first-order valence-electron chi connectivity index (χ1n) is 11.2. The molecule has 0 aliphatic carbocycles. The molecule has 0 saturated carbocycles. The van der Waals surface area contributed by atoms with Gasteiger partial charge in [-0.3, -0.25) is 9.59 Å². The van der Waals surface area contributed by atoms with Gasteiger partial charge in [-0.05, 0) is 79.1 Å². The van der Waals surface area contributed by atoms with Crippen molar-refractivity contribution in [3.63, 3.8) is 0 Å². The van der Waals surface area contributed by atoms with Crippen LogP contribution in [-0.4, -0.2) is 34.4 Å². The summed E-state index contributed by atoms with van der Waals surface area (Å²) in [5.74, 6) is -1.14. The van der Waals surface area contributed by atoms with Gasteiger partial charge in [-0.2, -0.15) is 0 Å². The summed E-state index contributed by atoms with van der Waals surface area (Å²) >= 11 is 0. The van der Waals surface area contributed by atoms with Gasteiger partial charge in [0.15, 0.2) is 0 Å². The molecule has 7 heteroatoms. The largest absolute Gasteiger partial charge is 0.337 e. The highest BCUT2D eigenvalue weighted by Crippen LogP contribution is 2.27. The van der Waals surface area contributed by atoms with E-state index >= 15 is 0 Å². The molecule has 3 aromatic carbocycles. The third kappa shape index (κ3) is 4.41. The maximum absolute atomic E-state index is 13.8. The van der Waals surface area contributed by atoms with E-state index in [0.29, 0.717) is 23.5 Å². The Labute approximate surface area is 195 Å². The average Bonchev–Trinajstić information content (AvgIpc) is 3.48. The summed E-state index contributed by atoms with van der Waals surface area (Å²) in [6.45, 7) is 1.79. The molecule has 0 atom stereocenters. The number of hydrogen-bond acceptors (Lipinski definition) is 2. The number of carbonyl (C=O) groups excluding carboxylic acids is 2. The Morgan fingerprint density at radius 2 is 1.62 bits per heavy atom. The first kappa shape index (κ1) is 21.8. The fourth-order valence-electron chi connectivity index (χ4n) is 4.40. The van der Waals surface area contributed by atoms with Gasteiger partial charge in [-0.15, -0.1) is 0 Å². The van der Waals surface area contributed by atoms with Crippen LogP contribution in [-0.2, 0) is 6.54 Å². The lowest BCUT2D eigenvalue weighted by Gasteiger charge is -2.17. The number of anilines is 1. The maximum Gasteiger partial charge on any atom is 0.270 e. The van der Waals surface area contributed by atoms with Crippen LogP contribution in [0.4, 0.5) is 14.5 Å². The molecule has 5 nitrogen and oxygen atoms in total. The van der Waals surface area contributed by atoms with Gasteiger partial charge in [0.25, 0.3) is 11.8 Å². The highest BCUT2D eigenvalue weighted by Gasteiger charge is 2.24. The Morgan fingerprint density at radius 1 is 0.853 bits per heavy atom. The summed E-state index contributed by atoms with van der Waals surface area (Å²) in [6.07, 6.45) is 1.96.